The van der Waals surface area contributed by atoms with Crippen LogP contribution >= 0.6 is 0 Å². The Bertz CT molecular complexity index is 317. The highest BCUT2D eigenvalue weighted by Crippen LogP contribution is 2.17. The summed E-state index contributed by atoms with van der Waals surface area (Å²) in [4.78, 5) is 3.88. The van der Waals surface area contributed by atoms with E-state index in [0.29, 0.717) is 0 Å². The Labute approximate surface area is 57.0 Å². The van der Waals surface area contributed by atoms with Crippen LogP contribution in [0.25, 0.3) is 11.4 Å². The number of rotatable bonds is 0. The fourth-order valence-corrected chi connectivity index (χ4v) is 0.808. The second-order valence-electron chi connectivity index (χ2n) is 1.93. The first-order valence-corrected chi connectivity index (χ1v) is 2.84. The largest absolute Gasteiger partial charge is 0.351 e. The zero-order chi connectivity index (χ0) is 6.97. The molecule has 4 nitrogen and oxygen atoms in total. The maximum Gasteiger partial charge on any atom is 0.317 e. The molecule has 0 aromatic carbocycles. The van der Waals surface area contributed by atoms with Crippen LogP contribution in [0.3, 0.4) is 0 Å². The molecule has 0 radical (unpaired) electrons. The summed E-state index contributed by atoms with van der Waals surface area (Å²) in [6, 6.07) is 5.58. The third-order valence-corrected chi connectivity index (χ3v) is 1.24. The minimum Gasteiger partial charge on any atom is -0.351 e. The van der Waals surface area contributed by atoms with Gasteiger partial charge in [-0.05, 0) is 12.1 Å². The van der Waals surface area contributed by atoms with Crippen LogP contribution in [0.2, 0.25) is 0 Å². The topological polar surface area (TPSA) is 64.9 Å². The van der Waals surface area contributed by atoms with Gasteiger partial charge in [0.2, 0.25) is 0 Å². The SMILES string of the molecule is Nc1nc2cccc-2no1. The van der Waals surface area contributed by atoms with Crippen LogP contribution in [0.5, 0.6) is 0 Å². The van der Waals surface area contributed by atoms with Gasteiger partial charge in [0, 0.05) is 0 Å². The Morgan fingerprint density at radius 3 is 3.00 bits per heavy atom. The number of nitrogens with zero attached hydrogens (tertiary/aromatic N) is 2. The molecule has 0 atom stereocenters. The average Bonchev–Trinajstić information content (AvgIpc) is 2.33. The van der Waals surface area contributed by atoms with E-state index >= 15 is 0 Å². The number of aromatic nitrogens is 2. The summed E-state index contributed by atoms with van der Waals surface area (Å²) in [5.41, 5.74) is 6.74. The summed E-state index contributed by atoms with van der Waals surface area (Å²) in [6.45, 7) is 0. The van der Waals surface area contributed by atoms with E-state index in [0.717, 1.165) is 11.4 Å². The predicted octanol–water partition coefficient (Wildman–Crippen LogP) is 0.757. The van der Waals surface area contributed by atoms with Crippen molar-refractivity contribution in [1.82, 2.24) is 10.1 Å². The third-order valence-electron chi connectivity index (χ3n) is 1.24. The molecule has 2 rings (SSSR count). The molecule has 10 heavy (non-hydrogen) atoms. The molecule has 0 spiro atoms. The molecule has 50 valence electrons. The molecule has 0 aromatic rings. The summed E-state index contributed by atoms with van der Waals surface area (Å²) in [6.07, 6.45) is 0. The first-order valence-electron chi connectivity index (χ1n) is 2.84. The number of anilines is 1. The van der Waals surface area contributed by atoms with Crippen molar-refractivity contribution in [3.8, 4) is 11.4 Å². The molecule has 1 aliphatic carbocycles. The smallest absolute Gasteiger partial charge is 0.317 e. The number of hydrogen-bond acceptors (Lipinski definition) is 4. The minimum absolute atomic E-state index is 0.0960. The van der Waals surface area contributed by atoms with Crippen LogP contribution in [0, 0.1) is 0 Å². The van der Waals surface area contributed by atoms with Crippen molar-refractivity contribution in [1.29, 1.82) is 0 Å². The molecular formula is C6H5N3O. The third kappa shape index (κ3) is 0.621. The predicted molar refractivity (Wildman–Crippen MR) is 35.3 cm³/mol. The highest BCUT2D eigenvalue weighted by Gasteiger charge is 2.05. The van der Waals surface area contributed by atoms with Gasteiger partial charge in [0.25, 0.3) is 0 Å². The van der Waals surface area contributed by atoms with E-state index < -0.39 is 0 Å². The molecule has 0 amide bonds. The monoisotopic (exact) mass is 135 g/mol. The summed E-state index contributed by atoms with van der Waals surface area (Å²) in [7, 11) is 0. The van der Waals surface area contributed by atoms with Crippen molar-refractivity contribution in [3.05, 3.63) is 18.2 Å². The van der Waals surface area contributed by atoms with Crippen molar-refractivity contribution < 1.29 is 4.52 Å². The Kier molecular flexibility index (Phi) is 0.887. The Morgan fingerprint density at radius 2 is 2.10 bits per heavy atom. The van der Waals surface area contributed by atoms with Crippen molar-refractivity contribution >= 4 is 6.01 Å². The van der Waals surface area contributed by atoms with Gasteiger partial charge in [0.05, 0.1) is 5.69 Å². The average molecular weight is 135 g/mol. The Hall–Kier alpha value is -1.58. The van der Waals surface area contributed by atoms with E-state index in [1.807, 2.05) is 18.2 Å². The van der Waals surface area contributed by atoms with E-state index in [1.165, 1.54) is 0 Å². The molecule has 1 heterocycles. The molecule has 0 unspecified atom stereocenters. The van der Waals surface area contributed by atoms with Gasteiger partial charge in [-0.3, -0.25) is 0 Å². The van der Waals surface area contributed by atoms with Crippen molar-refractivity contribution in [2.24, 2.45) is 0 Å². The van der Waals surface area contributed by atoms with Crippen LogP contribution in [-0.4, -0.2) is 10.1 Å². The van der Waals surface area contributed by atoms with Gasteiger partial charge in [-0.25, -0.2) is 0 Å². The number of fused-ring (bicyclic) bond motifs is 1. The maximum absolute atomic E-state index is 5.24. The maximum atomic E-state index is 5.24. The van der Waals surface area contributed by atoms with E-state index in [-0.39, 0.29) is 6.01 Å². The zero-order valence-electron chi connectivity index (χ0n) is 5.11. The lowest BCUT2D eigenvalue weighted by atomic mass is 10.4. The first-order chi connectivity index (χ1) is 4.86. The molecule has 0 saturated carbocycles. The highest BCUT2D eigenvalue weighted by atomic mass is 16.5. The molecule has 0 saturated heterocycles. The standard InChI is InChI=1S/C6H5N3O/c7-6-8-4-2-1-3-5(4)9-10-6/h1-3H,(H2,7,8). The number of hydrogen-bond donors (Lipinski definition) is 1. The fraction of sp³-hybridized carbons (Fsp3) is 0. The summed E-state index contributed by atoms with van der Waals surface area (Å²) in [5, 5.41) is 3.68. The van der Waals surface area contributed by atoms with Gasteiger partial charge in [-0.15, -0.1) is 0 Å². The quantitative estimate of drug-likeness (QED) is 0.579. The minimum atomic E-state index is 0.0960. The molecule has 0 fully saturated rings. The number of nitrogens with two attached hydrogens (primary N) is 1. The van der Waals surface area contributed by atoms with Crippen molar-refractivity contribution in [2.45, 2.75) is 0 Å². The van der Waals surface area contributed by atoms with Gasteiger partial charge in [-0.1, -0.05) is 11.2 Å². The lowest BCUT2D eigenvalue weighted by Gasteiger charge is -1.93. The summed E-state index contributed by atoms with van der Waals surface area (Å²) < 4.78 is 4.62. The lowest BCUT2D eigenvalue weighted by molar-refractivity contribution is 0.408. The highest BCUT2D eigenvalue weighted by molar-refractivity contribution is 5.56. The van der Waals surface area contributed by atoms with Crippen molar-refractivity contribution in [3.63, 3.8) is 0 Å². The van der Waals surface area contributed by atoms with Crippen LogP contribution < -0.4 is 5.73 Å². The van der Waals surface area contributed by atoms with Crippen molar-refractivity contribution in [2.75, 3.05) is 5.73 Å². The molecule has 4 heteroatoms. The van der Waals surface area contributed by atoms with E-state index in [1.54, 1.807) is 0 Å². The molecule has 1 aliphatic heterocycles. The Balaban J connectivity index is 2.75. The summed E-state index contributed by atoms with van der Waals surface area (Å²) >= 11 is 0. The molecule has 2 aliphatic rings. The molecular weight excluding hydrogens is 130 g/mol. The van der Waals surface area contributed by atoms with Gasteiger partial charge in [0.15, 0.2) is 0 Å². The Morgan fingerprint density at radius 1 is 1.30 bits per heavy atom. The van der Waals surface area contributed by atoms with Crippen LogP contribution in [0.1, 0.15) is 0 Å². The van der Waals surface area contributed by atoms with Crippen LogP contribution in [-0.2, 0) is 0 Å². The fourth-order valence-electron chi connectivity index (χ4n) is 0.808. The second kappa shape index (κ2) is 1.70. The lowest BCUT2D eigenvalue weighted by Crippen LogP contribution is -1.93. The van der Waals surface area contributed by atoms with Gasteiger partial charge < -0.3 is 10.3 Å². The van der Waals surface area contributed by atoms with Gasteiger partial charge >= 0.3 is 6.01 Å². The van der Waals surface area contributed by atoms with Gasteiger partial charge in [0.1, 0.15) is 5.69 Å². The zero-order valence-corrected chi connectivity index (χ0v) is 5.11. The molecule has 2 N–H and O–H groups in total. The van der Waals surface area contributed by atoms with E-state index in [9.17, 15) is 0 Å². The second-order valence-corrected chi connectivity index (χ2v) is 1.93. The summed E-state index contributed by atoms with van der Waals surface area (Å²) in [5.74, 6) is 0. The molecule has 0 bridgehead atoms. The normalized spacial score (nSPS) is 10.4. The van der Waals surface area contributed by atoms with Crippen LogP contribution in [0.15, 0.2) is 22.7 Å². The van der Waals surface area contributed by atoms with E-state index in [2.05, 4.69) is 14.7 Å². The molecule has 0 aromatic heterocycles. The first kappa shape index (κ1) is 5.22. The van der Waals surface area contributed by atoms with Gasteiger partial charge in [-0.2, -0.15) is 4.98 Å². The number of nitrogen functional groups attached to an aromatic ring is 1. The van der Waals surface area contributed by atoms with E-state index in [4.69, 9.17) is 5.73 Å². The van der Waals surface area contributed by atoms with Crippen LogP contribution in [0.4, 0.5) is 6.01 Å².